The second-order valence-corrected chi connectivity index (χ2v) is 3.32. The van der Waals surface area contributed by atoms with E-state index in [1.165, 1.54) is 7.11 Å². The lowest BCUT2D eigenvalue weighted by Gasteiger charge is -2.03. The van der Waals surface area contributed by atoms with Crippen LogP contribution in [0.4, 0.5) is 10.3 Å². The zero-order chi connectivity index (χ0) is 11.3. The van der Waals surface area contributed by atoms with Gasteiger partial charge in [0.05, 0.1) is 19.1 Å². The van der Waals surface area contributed by atoms with Crippen molar-refractivity contribution in [2.75, 3.05) is 18.3 Å². The monoisotopic (exact) mass is 232 g/mol. The number of nitrogen functional groups attached to an aromatic ring is 1. The fourth-order valence-corrected chi connectivity index (χ4v) is 1.42. The van der Waals surface area contributed by atoms with Crippen LogP contribution in [0.25, 0.3) is 0 Å². The summed E-state index contributed by atoms with van der Waals surface area (Å²) in [5.74, 6) is 4.05. The van der Waals surface area contributed by atoms with Gasteiger partial charge >= 0.3 is 5.97 Å². The normalized spacial score (nSPS) is 9.80. The Bertz CT molecular complexity index is 363. The van der Waals surface area contributed by atoms with Gasteiger partial charge in [-0.3, -0.25) is 10.2 Å². The number of halogens is 1. The third-order valence-electron chi connectivity index (χ3n) is 1.40. The van der Waals surface area contributed by atoms with Gasteiger partial charge in [-0.05, 0) is 0 Å². The number of aromatic nitrogens is 2. The van der Waals surface area contributed by atoms with Gasteiger partial charge in [0.2, 0.25) is 5.95 Å². The number of carbonyl (C=O) groups is 1. The summed E-state index contributed by atoms with van der Waals surface area (Å²) in [7, 11) is 1.26. The molecule has 0 saturated heterocycles. The van der Waals surface area contributed by atoms with E-state index in [4.69, 9.17) is 5.84 Å². The summed E-state index contributed by atoms with van der Waals surface area (Å²) in [6.45, 7) is 0. The van der Waals surface area contributed by atoms with Crippen LogP contribution in [-0.4, -0.2) is 28.8 Å². The van der Waals surface area contributed by atoms with E-state index in [0.29, 0.717) is 0 Å². The minimum Gasteiger partial charge on any atom is -0.468 e. The van der Waals surface area contributed by atoms with Crippen molar-refractivity contribution in [1.82, 2.24) is 9.97 Å². The lowest BCUT2D eigenvalue weighted by Crippen LogP contribution is -2.11. The predicted molar refractivity (Wildman–Crippen MR) is 52.5 cm³/mol. The van der Waals surface area contributed by atoms with Crippen LogP contribution in [0, 0.1) is 5.82 Å². The average Bonchev–Trinajstić information content (AvgIpc) is 2.27. The molecule has 0 atom stereocenters. The Labute approximate surface area is 89.4 Å². The Morgan fingerprint density at radius 1 is 1.80 bits per heavy atom. The molecule has 0 aliphatic rings. The number of rotatable bonds is 4. The molecule has 0 unspecified atom stereocenters. The first kappa shape index (κ1) is 11.7. The zero-order valence-corrected chi connectivity index (χ0v) is 8.68. The maximum absolute atomic E-state index is 13.1. The van der Waals surface area contributed by atoms with Crippen molar-refractivity contribution in [2.45, 2.75) is 5.03 Å². The molecule has 0 saturated carbocycles. The summed E-state index contributed by atoms with van der Waals surface area (Å²) in [4.78, 5) is 18.1. The summed E-state index contributed by atoms with van der Waals surface area (Å²) < 4.78 is 17.5. The molecule has 8 heteroatoms. The molecule has 82 valence electrons. The Kier molecular flexibility index (Phi) is 4.25. The lowest BCUT2D eigenvalue weighted by molar-refractivity contribution is -0.137. The number of hydrogen-bond donors (Lipinski definition) is 2. The third kappa shape index (κ3) is 3.33. The zero-order valence-electron chi connectivity index (χ0n) is 7.86. The first-order chi connectivity index (χ1) is 7.17. The van der Waals surface area contributed by atoms with E-state index in [2.05, 4.69) is 20.1 Å². The summed E-state index contributed by atoms with van der Waals surface area (Å²) >= 11 is 0.913. The van der Waals surface area contributed by atoms with Crippen molar-refractivity contribution >= 4 is 23.7 Å². The van der Waals surface area contributed by atoms with E-state index < -0.39 is 11.8 Å². The van der Waals surface area contributed by atoms with Gasteiger partial charge in [-0.1, -0.05) is 11.8 Å². The topological polar surface area (TPSA) is 90.1 Å². The lowest BCUT2D eigenvalue weighted by atomic mass is 10.6. The van der Waals surface area contributed by atoms with Crippen LogP contribution in [0.5, 0.6) is 0 Å². The Balaban J connectivity index is 2.70. The number of thioether (sulfide) groups is 1. The van der Waals surface area contributed by atoms with Crippen molar-refractivity contribution in [3.05, 3.63) is 12.0 Å². The fourth-order valence-electron chi connectivity index (χ4n) is 0.708. The average molecular weight is 232 g/mol. The number of hydrazine groups is 1. The first-order valence-corrected chi connectivity index (χ1v) is 4.84. The van der Waals surface area contributed by atoms with E-state index in [0.717, 1.165) is 18.0 Å². The number of nitrogens with one attached hydrogen (secondary N) is 1. The highest BCUT2D eigenvalue weighted by molar-refractivity contribution is 7.99. The quantitative estimate of drug-likeness (QED) is 0.251. The van der Waals surface area contributed by atoms with Gasteiger partial charge in [0.1, 0.15) is 5.03 Å². The number of esters is 1. The van der Waals surface area contributed by atoms with Gasteiger partial charge in [0.25, 0.3) is 0 Å². The first-order valence-electron chi connectivity index (χ1n) is 3.86. The van der Waals surface area contributed by atoms with Gasteiger partial charge in [-0.25, -0.2) is 20.2 Å². The van der Waals surface area contributed by atoms with Crippen LogP contribution in [0.1, 0.15) is 0 Å². The number of anilines is 1. The minimum absolute atomic E-state index is 0.0194. The van der Waals surface area contributed by atoms with Gasteiger partial charge in [-0.2, -0.15) is 0 Å². The summed E-state index contributed by atoms with van der Waals surface area (Å²) in [5, 5.41) is 0.0448. The van der Waals surface area contributed by atoms with E-state index in [9.17, 15) is 9.18 Å². The van der Waals surface area contributed by atoms with Gasteiger partial charge in [0.15, 0.2) is 5.82 Å². The van der Waals surface area contributed by atoms with Gasteiger partial charge in [-0.15, -0.1) is 0 Å². The van der Waals surface area contributed by atoms with E-state index in [1.807, 2.05) is 0 Å². The molecule has 6 nitrogen and oxygen atoms in total. The van der Waals surface area contributed by atoms with Crippen molar-refractivity contribution in [3.8, 4) is 0 Å². The largest absolute Gasteiger partial charge is 0.468 e. The summed E-state index contributed by atoms with van der Waals surface area (Å²) in [5.41, 5.74) is 2.18. The maximum atomic E-state index is 13.1. The molecule has 1 rings (SSSR count). The van der Waals surface area contributed by atoms with E-state index in [-0.39, 0.29) is 16.7 Å². The van der Waals surface area contributed by atoms with Crippen molar-refractivity contribution in [3.63, 3.8) is 0 Å². The van der Waals surface area contributed by atoms with Crippen LogP contribution >= 0.6 is 11.8 Å². The highest BCUT2D eigenvalue weighted by Crippen LogP contribution is 2.19. The van der Waals surface area contributed by atoms with Gasteiger partial charge in [0, 0.05) is 0 Å². The molecule has 1 aromatic heterocycles. The number of nitrogens with two attached hydrogens (primary N) is 1. The molecule has 15 heavy (non-hydrogen) atoms. The minimum atomic E-state index is -0.608. The number of carbonyl (C=O) groups excluding carboxylic acids is 1. The SMILES string of the molecule is COC(=O)CSc1nc(NN)ncc1F. The molecule has 0 bridgehead atoms. The standard InChI is InChI=1S/C7H9FN4O2S/c1-14-5(13)3-15-6-4(8)2-10-7(11-6)12-9/h2H,3,9H2,1H3,(H,10,11,12). The van der Waals surface area contributed by atoms with Crippen molar-refractivity contribution in [2.24, 2.45) is 5.84 Å². The molecule has 0 aromatic carbocycles. The van der Waals surface area contributed by atoms with Crippen molar-refractivity contribution in [1.29, 1.82) is 0 Å². The molecule has 0 radical (unpaired) electrons. The van der Waals surface area contributed by atoms with Crippen LogP contribution in [0.3, 0.4) is 0 Å². The van der Waals surface area contributed by atoms with Crippen LogP contribution in [0.15, 0.2) is 11.2 Å². The molecule has 1 heterocycles. The van der Waals surface area contributed by atoms with Crippen LogP contribution in [-0.2, 0) is 9.53 Å². The fraction of sp³-hybridized carbons (Fsp3) is 0.286. The number of nitrogens with zero attached hydrogens (tertiary/aromatic N) is 2. The predicted octanol–water partition coefficient (Wildman–Crippen LogP) is 0.166. The second kappa shape index (κ2) is 5.47. The van der Waals surface area contributed by atoms with Crippen molar-refractivity contribution < 1.29 is 13.9 Å². The number of hydrogen-bond acceptors (Lipinski definition) is 7. The highest BCUT2D eigenvalue weighted by Gasteiger charge is 2.09. The molecule has 0 aliphatic carbocycles. The molecular formula is C7H9FN4O2S. The van der Waals surface area contributed by atoms with Gasteiger partial charge < -0.3 is 4.74 Å². The molecule has 3 N–H and O–H groups in total. The number of ether oxygens (including phenoxy) is 1. The Morgan fingerprint density at radius 3 is 3.13 bits per heavy atom. The summed E-state index contributed by atoms with van der Waals surface area (Å²) in [6, 6.07) is 0. The molecule has 0 aliphatic heterocycles. The molecular weight excluding hydrogens is 223 g/mol. The Morgan fingerprint density at radius 2 is 2.53 bits per heavy atom. The molecule has 1 aromatic rings. The van der Waals surface area contributed by atoms with E-state index >= 15 is 0 Å². The van der Waals surface area contributed by atoms with Crippen LogP contribution < -0.4 is 11.3 Å². The molecule has 0 amide bonds. The maximum Gasteiger partial charge on any atom is 0.316 e. The summed E-state index contributed by atoms with van der Waals surface area (Å²) in [6.07, 6.45) is 0.974. The molecule has 0 fully saturated rings. The third-order valence-corrected chi connectivity index (χ3v) is 2.34. The van der Waals surface area contributed by atoms with Crippen LogP contribution in [0.2, 0.25) is 0 Å². The Hall–Kier alpha value is -1.41. The highest BCUT2D eigenvalue weighted by atomic mass is 32.2. The van der Waals surface area contributed by atoms with E-state index in [1.54, 1.807) is 0 Å². The number of methoxy groups -OCH3 is 1. The molecule has 0 spiro atoms. The second-order valence-electron chi connectivity index (χ2n) is 2.36. The smallest absolute Gasteiger partial charge is 0.316 e.